The topological polar surface area (TPSA) is 260 Å². The first-order chi connectivity index (χ1) is 23.9. The fourth-order valence-electron chi connectivity index (χ4n) is 5.54. The van der Waals surface area contributed by atoms with Gasteiger partial charge in [-0.1, -0.05) is 34.2 Å². The Morgan fingerprint density at radius 2 is 1.67 bits per heavy atom. The second-order valence-electron chi connectivity index (χ2n) is 10.9. The summed E-state index contributed by atoms with van der Waals surface area (Å²) in [5.74, 6) is 10.5. The van der Waals surface area contributed by atoms with Gasteiger partial charge in [-0.15, -0.1) is 0 Å². The highest BCUT2D eigenvalue weighted by Crippen LogP contribution is 2.39. The van der Waals surface area contributed by atoms with Gasteiger partial charge in [-0.3, -0.25) is 0 Å². The minimum atomic E-state index is 0.472. The van der Waals surface area contributed by atoms with Crippen molar-refractivity contribution >= 4 is 45.5 Å². The van der Waals surface area contributed by atoms with Crippen molar-refractivity contribution in [3.05, 3.63) is 53.3 Å². The first kappa shape index (κ1) is 34.4. The van der Waals surface area contributed by atoms with E-state index >= 15 is 0 Å². The summed E-state index contributed by atoms with van der Waals surface area (Å²) in [5, 5.41) is 33.8. The number of hydrogen-bond donors (Lipinski definition) is 4. The van der Waals surface area contributed by atoms with E-state index in [4.69, 9.17) is 27.1 Å². The molecule has 4 aromatic rings. The molecule has 49 heavy (non-hydrogen) atoms. The van der Waals surface area contributed by atoms with Crippen LogP contribution in [-0.2, 0) is 6.54 Å². The molecule has 256 valence electrons. The van der Waals surface area contributed by atoms with Crippen LogP contribution in [0.5, 0.6) is 5.75 Å². The molecule has 0 atom stereocenters. The van der Waals surface area contributed by atoms with E-state index in [1.54, 1.807) is 6.20 Å². The molecule has 21 heteroatoms. The van der Waals surface area contributed by atoms with Crippen LogP contribution in [0, 0.1) is 6.92 Å². The molecule has 1 saturated heterocycles. The number of likely N-dealkylation sites (N-methyl/N-ethyl adjacent to an activating group) is 1. The molecule has 0 saturated carbocycles. The van der Waals surface area contributed by atoms with Crippen LogP contribution in [0.25, 0.3) is 22.2 Å². The maximum atomic E-state index is 6.61. The number of aryl methyl sites for hydroxylation is 1. The van der Waals surface area contributed by atoms with E-state index in [9.17, 15) is 0 Å². The zero-order valence-corrected chi connectivity index (χ0v) is 27.7. The zero-order chi connectivity index (χ0) is 34.6. The Morgan fingerprint density at radius 3 is 2.37 bits per heavy atom. The second-order valence-corrected chi connectivity index (χ2v) is 11.3. The number of nitrogens with zero attached hydrogens (tertiary/aromatic N) is 15. The number of hydrogen-bond acceptors (Lipinski definition) is 9. The van der Waals surface area contributed by atoms with E-state index < -0.39 is 0 Å². The first-order valence-electron chi connectivity index (χ1n) is 15.2. The number of benzene rings is 2. The van der Waals surface area contributed by atoms with Crippen LogP contribution in [-0.4, -0.2) is 59.3 Å². The van der Waals surface area contributed by atoms with Gasteiger partial charge in [0.1, 0.15) is 12.4 Å². The third kappa shape index (κ3) is 8.73. The molecule has 2 aliphatic heterocycles. The third-order valence-corrected chi connectivity index (χ3v) is 8.09. The summed E-state index contributed by atoms with van der Waals surface area (Å²) in [4.78, 5) is 14.0. The van der Waals surface area contributed by atoms with Gasteiger partial charge in [0, 0.05) is 43.0 Å². The van der Waals surface area contributed by atoms with Crippen molar-refractivity contribution in [3.8, 4) is 17.0 Å². The zero-order valence-electron chi connectivity index (χ0n) is 26.9. The number of para-hydroxylation sites is 1. The predicted molar refractivity (Wildman–Crippen MR) is 184 cm³/mol. The maximum Gasteiger partial charge on any atom is 0.227 e. The summed E-state index contributed by atoms with van der Waals surface area (Å²) >= 11 is 6.61. The van der Waals surface area contributed by atoms with Gasteiger partial charge in [-0.2, -0.15) is 0 Å². The van der Waals surface area contributed by atoms with Crippen molar-refractivity contribution in [1.82, 2.24) is 19.4 Å². The quantitative estimate of drug-likeness (QED) is 0.0625. The highest BCUT2D eigenvalue weighted by atomic mass is 35.5. The SMILES string of the molecule is Cc1cc(N(C)CCN2CCCC2)c(N)cc1Nc1ncc(Cl)c(-c2cn3c4c(cccc24)OCC3)n1.N/N=N/N=N/N=N/N=N/N=N/N. The van der Waals surface area contributed by atoms with E-state index in [0.717, 1.165) is 64.5 Å². The largest absolute Gasteiger partial charge is 0.490 e. The lowest BCUT2D eigenvalue weighted by molar-refractivity contribution is 0.287. The number of nitrogen functional groups attached to an aromatic ring is 1. The normalized spacial score (nSPS) is 14.8. The standard InChI is InChI=1S/C28H32ClN7O.H4N12/c1-18-14-24(34(2)10-11-35-8-3-4-9-35)22(30)15-23(18)32-28-31-16-21(29)26(33-28)20-17-36-12-13-37-25-7-5-6-19(20)27(25)36;1-3-5-7-9-11-12-10-8-6-4-2/h5-7,14-17H,3-4,8-13,30H2,1-2H3,(H,31,32,33);(H2,1,4,5,8,9,12)(H2,2,3,6,7,10,11). The van der Waals surface area contributed by atoms with Gasteiger partial charge in [-0.05, 0) is 98.4 Å². The van der Waals surface area contributed by atoms with Crippen molar-refractivity contribution in [2.45, 2.75) is 26.3 Å². The second kappa shape index (κ2) is 16.8. The Kier molecular flexibility index (Phi) is 11.8. The summed E-state index contributed by atoms with van der Waals surface area (Å²) < 4.78 is 8.06. The Balaban J connectivity index is 0.000000335. The van der Waals surface area contributed by atoms with E-state index in [1.165, 1.54) is 25.9 Å². The third-order valence-electron chi connectivity index (χ3n) is 7.82. The molecular weight excluding hydrogens is 654 g/mol. The number of anilines is 4. The molecule has 7 N–H and O–H groups in total. The molecule has 1 fully saturated rings. The summed E-state index contributed by atoms with van der Waals surface area (Å²) in [7, 11) is 2.10. The molecule has 2 aromatic carbocycles. The van der Waals surface area contributed by atoms with Crippen LogP contribution in [0.2, 0.25) is 5.02 Å². The highest BCUT2D eigenvalue weighted by Gasteiger charge is 2.21. The molecule has 0 unspecified atom stereocenters. The highest BCUT2D eigenvalue weighted by molar-refractivity contribution is 6.33. The van der Waals surface area contributed by atoms with Crippen LogP contribution >= 0.6 is 11.6 Å². The van der Waals surface area contributed by atoms with Gasteiger partial charge in [0.25, 0.3) is 0 Å². The summed E-state index contributed by atoms with van der Waals surface area (Å²) in [6.45, 7) is 7.91. The number of nitrogens with one attached hydrogen (secondary N) is 1. The Labute approximate surface area is 285 Å². The molecule has 2 aliphatic rings. The Bertz CT molecular complexity index is 1860. The van der Waals surface area contributed by atoms with Crippen LogP contribution in [0.1, 0.15) is 18.4 Å². The molecule has 20 nitrogen and oxygen atoms in total. The molecule has 0 radical (unpaired) electrons. The number of rotatable bonds is 11. The molecule has 4 heterocycles. The Morgan fingerprint density at radius 1 is 0.980 bits per heavy atom. The average Bonchev–Trinajstić information content (AvgIpc) is 3.77. The summed E-state index contributed by atoms with van der Waals surface area (Å²) in [6.07, 6.45) is 6.36. The molecule has 0 bridgehead atoms. The van der Waals surface area contributed by atoms with Gasteiger partial charge in [0.05, 0.1) is 40.3 Å². The van der Waals surface area contributed by atoms with E-state index in [1.807, 2.05) is 18.2 Å². The molecule has 0 spiro atoms. The molecular formula is C28H36ClN19O. The number of nitrogens with two attached hydrogens (primary N) is 3. The number of halogens is 1. The van der Waals surface area contributed by atoms with E-state index in [2.05, 4.69) is 121 Å². The van der Waals surface area contributed by atoms with Crippen LogP contribution in [0.15, 0.2) is 95.0 Å². The number of ether oxygens (including phenoxy) is 1. The number of aromatic nitrogens is 3. The van der Waals surface area contributed by atoms with Gasteiger partial charge < -0.3 is 41.8 Å². The molecule has 6 rings (SSSR count). The minimum absolute atomic E-state index is 0.472. The van der Waals surface area contributed by atoms with Gasteiger partial charge in [-0.25, -0.2) is 9.97 Å². The lowest BCUT2D eigenvalue weighted by Gasteiger charge is -2.25. The molecule has 0 aliphatic carbocycles. The smallest absolute Gasteiger partial charge is 0.227 e. The van der Waals surface area contributed by atoms with Gasteiger partial charge >= 0.3 is 0 Å². The lowest BCUT2D eigenvalue weighted by atomic mass is 10.1. The van der Waals surface area contributed by atoms with Crippen molar-refractivity contribution in [3.63, 3.8) is 0 Å². The Hall–Kier alpha value is -5.89. The number of likely N-dealkylation sites (tertiary alicyclic amines) is 1. The fraction of sp³-hybridized carbons (Fsp3) is 0.357. The van der Waals surface area contributed by atoms with Crippen LogP contribution in [0.3, 0.4) is 0 Å². The monoisotopic (exact) mass is 689 g/mol. The minimum Gasteiger partial charge on any atom is -0.490 e. The average molecular weight is 690 g/mol. The maximum absolute atomic E-state index is 6.61. The lowest BCUT2D eigenvalue weighted by Crippen LogP contribution is -2.31. The van der Waals surface area contributed by atoms with Gasteiger partial charge in [0.2, 0.25) is 5.95 Å². The van der Waals surface area contributed by atoms with Crippen LogP contribution in [0.4, 0.5) is 23.0 Å². The fourth-order valence-corrected chi connectivity index (χ4v) is 5.74. The van der Waals surface area contributed by atoms with Crippen molar-refractivity contribution in [2.24, 2.45) is 63.9 Å². The summed E-state index contributed by atoms with van der Waals surface area (Å²) in [5.41, 5.74) is 12.9. The molecule has 0 amide bonds. The predicted octanol–water partition coefficient (Wildman–Crippen LogP) is 5.97. The van der Waals surface area contributed by atoms with Gasteiger partial charge in [0.15, 0.2) is 0 Å². The van der Waals surface area contributed by atoms with Crippen molar-refractivity contribution in [1.29, 1.82) is 0 Å². The first-order valence-corrected chi connectivity index (χ1v) is 15.6. The summed E-state index contributed by atoms with van der Waals surface area (Å²) in [6, 6.07) is 10.2. The molecule has 2 aromatic heterocycles. The van der Waals surface area contributed by atoms with Crippen LogP contribution < -0.4 is 32.4 Å². The van der Waals surface area contributed by atoms with Crippen molar-refractivity contribution in [2.75, 3.05) is 55.8 Å². The van der Waals surface area contributed by atoms with Crippen molar-refractivity contribution < 1.29 is 4.74 Å². The van der Waals surface area contributed by atoms with E-state index in [-0.39, 0.29) is 0 Å². The van der Waals surface area contributed by atoms with E-state index in [0.29, 0.717) is 23.3 Å².